The fourth-order valence-corrected chi connectivity index (χ4v) is 2.60. The maximum Gasteiger partial charge on any atom is 0.287 e. The van der Waals surface area contributed by atoms with Crippen molar-refractivity contribution in [3.8, 4) is 0 Å². The molecule has 1 heterocycles. The van der Waals surface area contributed by atoms with Gasteiger partial charge in [0.15, 0.2) is 5.76 Å². The highest BCUT2D eigenvalue weighted by Crippen LogP contribution is 2.19. The summed E-state index contributed by atoms with van der Waals surface area (Å²) in [6.45, 7) is 1.91. The SMILES string of the molecule is CC(O)(CCc1ccccc1)CNC(=O)c1cc2ccccc2o1. The van der Waals surface area contributed by atoms with Crippen LogP contribution in [0.4, 0.5) is 0 Å². The summed E-state index contributed by atoms with van der Waals surface area (Å²) in [5.74, 6) is -0.0544. The first kappa shape index (κ1) is 16.3. The van der Waals surface area contributed by atoms with E-state index in [2.05, 4.69) is 5.32 Å². The monoisotopic (exact) mass is 323 g/mol. The molecule has 124 valence electrons. The molecular formula is C20H21NO3. The van der Waals surface area contributed by atoms with Crippen LogP contribution < -0.4 is 5.32 Å². The summed E-state index contributed by atoms with van der Waals surface area (Å²) >= 11 is 0. The number of para-hydroxylation sites is 1. The number of hydrogen-bond acceptors (Lipinski definition) is 3. The smallest absolute Gasteiger partial charge is 0.287 e. The molecule has 4 nitrogen and oxygen atoms in total. The lowest BCUT2D eigenvalue weighted by Crippen LogP contribution is -2.40. The molecular weight excluding hydrogens is 302 g/mol. The minimum absolute atomic E-state index is 0.176. The largest absolute Gasteiger partial charge is 0.451 e. The summed E-state index contributed by atoms with van der Waals surface area (Å²) in [5, 5.41) is 14.1. The van der Waals surface area contributed by atoms with Crippen LogP contribution in [0.25, 0.3) is 11.0 Å². The van der Waals surface area contributed by atoms with Crippen molar-refractivity contribution in [3.63, 3.8) is 0 Å². The van der Waals surface area contributed by atoms with Crippen molar-refractivity contribution in [1.82, 2.24) is 5.32 Å². The highest BCUT2D eigenvalue weighted by atomic mass is 16.3. The van der Waals surface area contributed by atoms with Crippen LogP contribution in [0.15, 0.2) is 65.1 Å². The zero-order valence-electron chi connectivity index (χ0n) is 13.7. The first-order valence-electron chi connectivity index (χ1n) is 8.07. The molecule has 2 aromatic carbocycles. The van der Waals surface area contributed by atoms with Gasteiger partial charge in [-0.2, -0.15) is 0 Å². The number of aliphatic hydroxyl groups is 1. The molecule has 0 saturated heterocycles. The molecule has 0 aliphatic carbocycles. The van der Waals surface area contributed by atoms with Crippen molar-refractivity contribution in [2.75, 3.05) is 6.54 Å². The summed E-state index contributed by atoms with van der Waals surface area (Å²) in [6.07, 6.45) is 1.33. The standard InChI is InChI=1S/C20H21NO3/c1-20(23,12-11-15-7-3-2-4-8-15)14-21-19(22)18-13-16-9-5-6-10-17(16)24-18/h2-10,13,23H,11-12,14H2,1H3,(H,21,22). The second-order valence-corrected chi connectivity index (χ2v) is 6.31. The zero-order chi connectivity index (χ0) is 17.0. The maximum absolute atomic E-state index is 12.2. The lowest BCUT2D eigenvalue weighted by atomic mass is 9.97. The van der Waals surface area contributed by atoms with Crippen LogP contribution in [0.5, 0.6) is 0 Å². The normalized spacial score (nSPS) is 13.6. The number of amides is 1. The Bertz CT molecular complexity index is 788. The van der Waals surface area contributed by atoms with E-state index in [1.165, 1.54) is 5.56 Å². The fourth-order valence-electron chi connectivity index (χ4n) is 2.60. The van der Waals surface area contributed by atoms with Crippen LogP contribution in [0.2, 0.25) is 0 Å². The quantitative estimate of drug-likeness (QED) is 0.729. The molecule has 0 saturated carbocycles. The van der Waals surface area contributed by atoms with Gasteiger partial charge >= 0.3 is 0 Å². The molecule has 1 atom stereocenters. The van der Waals surface area contributed by atoms with Crippen molar-refractivity contribution in [2.45, 2.75) is 25.4 Å². The van der Waals surface area contributed by atoms with E-state index < -0.39 is 5.60 Å². The Labute approximate surface area is 141 Å². The summed E-state index contributed by atoms with van der Waals surface area (Å²) in [7, 11) is 0. The predicted octanol–water partition coefficient (Wildman–Crippen LogP) is 3.55. The molecule has 3 rings (SSSR count). The molecule has 24 heavy (non-hydrogen) atoms. The summed E-state index contributed by atoms with van der Waals surface area (Å²) in [6, 6.07) is 19.2. The molecule has 0 bridgehead atoms. The Morgan fingerprint density at radius 1 is 1.12 bits per heavy atom. The number of carbonyl (C=O) groups is 1. The van der Waals surface area contributed by atoms with Crippen LogP contribution in [0.1, 0.15) is 29.5 Å². The molecule has 2 N–H and O–H groups in total. The maximum atomic E-state index is 12.2. The minimum atomic E-state index is -0.975. The van der Waals surface area contributed by atoms with Crippen LogP contribution in [-0.4, -0.2) is 23.2 Å². The van der Waals surface area contributed by atoms with Crippen molar-refractivity contribution in [1.29, 1.82) is 0 Å². The third-order valence-electron chi connectivity index (χ3n) is 4.07. The van der Waals surface area contributed by atoms with Gasteiger partial charge in [-0.25, -0.2) is 0 Å². The fraction of sp³-hybridized carbons (Fsp3) is 0.250. The summed E-state index contributed by atoms with van der Waals surface area (Å²) < 4.78 is 5.53. The Morgan fingerprint density at radius 3 is 2.58 bits per heavy atom. The van der Waals surface area contributed by atoms with E-state index in [0.29, 0.717) is 12.0 Å². The number of furan rings is 1. The lowest BCUT2D eigenvalue weighted by molar-refractivity contribution is 0.0472. The molecule has 0 fully saturated rings. The van der Waals surface area contributed by atoms with Gasteiger partial charge in [0, 0.05) is 11.9 Å². The van der Waals surface area contributed by atoms with Gasteiger partial charge in [-0.15, -0.1) is 0 Å². The predicted molar refractivity (Wildman–Crippen MR) is 93.9 cm³/mol. The molecule has 0 spiro atoms. The van der Waals surface area contributed by atoms with Gasteiger partial charge in [0.2, 0.25) is 0 Å². The van der Waals surface area contributed by atoms with E-state index in [9.17, 15) is 9.90 Å². The first-order chi connectivity index (χ1) is 11.5. The van der Waals surface area contributed by atoms with Gasteiger partial charge in [0.1, 0.15) is 5.58 Å². The van der Waals surface area contributed by atoms with E-state index in [0.717, 1.165) is 11.8 Å². The number of hydrogen-bond donors (Lipinski definition) is 2. The second-order valence-electron chi connectivity index (χ2n) is 6.31. The Hall–Kier alpha value is -2.59. The van der Waals surface area contributed by atoms with E-state index in [4.69, 9.17) is 4.42 Å². The highest BCUT2D eigenvalue weighted by molar-refractivity contribution is 5.96. The third kappa shape index (κ3) is 4.03. The summed E-state index contributed by atoms with van der Waals surface area (Å²) in [5.41, 5.74) is 0.872. The van der Waals surface area contributed by atoms with Crippen LogP contribution in [-0.2, 0) is 6.42 Å². The number of carbonyl (C=O) groups excluding carboxylic acids is 1. The molecule has 0 radical (unpaired) electrons. The highest BCUT2D eigenvalue weighted by Gasteiger charge is 2.22. The number of nitrogens with one attached hydrogen (secondary N) is 1. The molecule has 3 aromatic rings. The van der Waals surface area contributed by atoms with Crippen molar-refractivity contribution >= 4 is 16.9 Å². The van der Waals surface area contributed by atoms with Crippen molar-refractivity contribution < 1.29 is 14.3 Å². The molecule has 0 aliphatic rings. The lowest BCUT2D eigenvalue weighted by Gasteiger charge is -2.23. The van der Waals surface area contributed by atoms with Crippen molar-refractivity contribution in [2.24, 2.45) is 0 Å². The van der Waals surface area contributed by atoms with Gasteiger partial charge in [-0.1, -0.05) is 48.5 Å². The molecule has 1 aromatic heterocycles. The van der Waals surface area contributed by atoms with Crippen molar-refractivity contribution in [3.05, 3.63) is 72.0 Å². The van der Waals surface area contributed by atoms with Crippen LogP contribution in [0.3, 0.4) is 0 Å². The van der Waals surface area contributed by atoms with Crippen LogP contribution in [0, 0.1) is 0 Å². The molecule has 0 aliphatic heterocycles. The second kappa shape index (κ2) is 6.89. The van der Waals surface area contributed by atoms with E-state index in [1.54, 1.807) is 13.0 Å². The van der Waals surface area contributed by atoms with E-state index >= 15 is 0 Å². The van der Waals surface area contributed by atoms with Gasteiger partial charge in [-0.3, -0.25) is 4.79 Å². The average molecular weight is 323 g/mol. The van der Waals surface area contributed by atoms with Gasteiger partial charge in [-0.05, 0) is 37.5 Å². The van der Waals surface area contributed by atoms with Crippen LogP contribution >= 0.6 is 0 Å². The average Bonchev–Trinajstić information content (AvgIpc) is 3.03. The topological polar surface area (TPSA) is 62.5 Å². The van der Waals surface area contributed by atoms with E-state index in [1.807, 2.05) is 54.6 Å². The van der Waals surface area contributed by atoms with Gasteiger partial charge in [0.05, 0.1) is 5.60 Å². The number of fused-ring (bicyclic) bond motifs is 1. The number of benzene rings is 2. The Morgan fingerprint density at radius 2 is 1.83 bits per heavy atom. The first-order valence-corrected chi connectivity index (χ1v) is 8.07. The molecule has 4 heteroatoms. The van der Waals surface area contributed by atoms with E-state index in [-0.39, 0.29) is 18.2 Å². The third-order valence-corrected chi connectivity index (χ3v) is 4.07. The minimum Gasteiger partial charge on any atom is -0.451 e. The number of rotatable bonds is 6. The zero-order valence-corrected chi connectivity index (χ0v) is 13.7. The Balaban J connectivity index is 1.56. The molecule has 1 unspecified atom stereocenters. The van der Waals surface area contributed by atoms with Gasteiger partial charge in [0.25, 0.3) is 5.91 Å². The Kier molecular flexibility index (Phi) is 4.67. The summed E-state index contributed by atoms with van der Waals surface area (Å²) in [4.78, 5) is 12.2. The van der Waals surface area contributed by atoms with Gasteiger partial charge < -0.3 is 14.8 Å². The number of aryl methyl sites for hydroxylation is 1. The molecule has 1 amide bonds.